The van der Waals surface area contributed by atoms with E-state index in [1.807, 2.05) is 24.3 Å². The molecule has 4 nitrogen and oxygen atoms in total. The van der Waals surface area contributed by atoms with Crippen molar-refractivity contribution >= 4 is 0 Å². The molecule has 1 heterocycles. The Balaban J connectivity index is 1.94. The second-order valence-electron chi connectivity index (χ2n) is 5.81. The highest BCUT2D eigenvalue weighted by molar-refractivity contribution is 5.28. The molecule has 1 N–H and O–H groups in total. The van der Waals surface area contributed by atoms with Crippen molar-refractivity contribution < 1.29 is 9.15 Å². The lowest BCUT2D eigenvalue weighted by Gasteiger charge is -2.19. The van der Waals surface area contributed by atoms with Crippen molar-refractivity contribution in [1.82, 2.24) is 10.3 Å². The molecular formula is C16H22N2O2. The SMILES string of the molecule is CCc1ccc(Oc2nc(CNC(C)(C)C)co2)cc1. The van der Waals surface area contributed by atoms with Gasteiger partial charge in [-0.25, -0.2) is 0 Å². The molecule has 108 valence electrons. The molecule has 2 rings (SSSR count). The van der Waals surface area contributed by atoms with Gasteiger partial charge in [0.05, 0.1) is 5.69 Å². The maximum atomic E-state index is 5.58. The van der Waals surface area contributed by atoms with Crippen molar-refractivity contribution in [3.05, 3.63) is 41.8 Å². The van der Waals surface area contributed by atoms with E-state index in [-0.39, 0.29) is 11.6 Å². The molecule has 1 aromatic carbocycles. The minimum absolute atomic E-state index is 0.0515. The fourth-order valence-electron chi connectivity index (χ4n) is 1.67. The van der Waals surface area contributed by atoms with Gasteiger partial charge < -0.3 is 14.5 Å². The van der Waals surface area contributed by atoms with Crippen LogP contribution in [-0.4, -0.2) is 10.5 Å². The van der Waals surface area contributed by atoms with E-state index in [9.17, 15) is 0 Å². The summed E-state index contributed by atoms with van der Waals surface area (Å²) in [5.74, 6) is 0.736. The van der Waals surface area contributed by atoms with E-state index >= 15 is 0 Å². The summed E-state index contributed by atoms with van der Waals surface area (Å²) in [6.45, 7) is 9.11. The second kappa shape index (κ2) is 6.09. The summed E-state index contributed by atoms with van der Waals surface area (Å²) in [6, 6.07) is 7.94. The van der Waals surface area contributed by atoms with E-state index in [4.69, 9.17) is 9.15 Å². The van der Waals surface area contributed by atoms with Crippen LogP contribution in [0.1, 0.15) is 39.0 Å². The summed E-state index contributed by atoms with van der Waals surface area (Å²) >= 11 is 0. The van der Waals surface area contributed by atoms with Crippen LogP contribution in [0.4, 0.5) is 0 Å². The molecule has 0 radical (unpaired) electrons. The zero-order valence-corrected chi connectivity index (χ0v) is 12.6. The number of nitrogens with one attached hydrogen (secondary N) is 1. The Kier molecular flexibility index (Phi) is 4.45. The van der Waals surface area contributed by atoms with Gasteiger partial charge in [0.25, 0.3) is 0 Å². The fraction of sp³-hybridized carbons (Fsp3) is 0.438. The van der Waals surface area contributed by atoms with E-state index in [0.717, 1.165) is 17.9 Å². The van der Waals surface area contributed by atoms with Gasteiger partial charge in [-0.2, -0.15) is 4.98 Å². The first-order valence-electron chi connectivity index (χ1n) is 6.92. The van der Waals surface area contributed by atoms with Gasteiger partial charge in [-0.3, -0.25) is 0 Å². The second-order valence-corrected chi connectivity index (χ2v) is 5.81. The number of hydrogen-bond donors (Lipinski definition) is 1. The molecule has 0 saturated heterocycles. The largest absolute Gasteiger partial charge is 0.417 e. The van der Waals surface area contributed by atoms with Crippen LogP contribution in [-0.2, 0) is 13.0 Å². The number of oxazole rings is 1. The standard InChI is InChI=1S/C16H22N2O2/c1-5-12-6-8-14(9-7-12)20-15-18-13(11-19-15)10-17-16(2,3)4/h6-9,11,17H,5,10H2,1-4H3. The molecular weight excluding hydrogens is 252 g/mol. The molecule has 0 aliphatic carbocycles. The van der Waals surface area contributed by atoms with Crippen molar-refractivity contribution in [3.8, 4) is 11.8 Å². The van der Waals surface area contributed by atoms with Crippen LogP contribution in [0, 0.1) is 0 Å². The highest BCUT2D eigenvalue weighted by Crippen LogP contribution is 2.21. The molecule has 0 aliphatic heterocycles. The molecule has 2 aromatic rings. The first-order valence-corrected chi connectivity index (χ1v) is 6.92. The maximum absolute atomic E-state index is 5.58. The zero-order chi connectivity index (χ0) is 14.6. The molecule has 0 saturated carbocycles. The highest BCUT2D eigenvalue weighted by atomic mass is 16.6. The molecule has 0 amide bonds. The van der Waals surface area contributed by atoms with Gasteiger partial charge in [-0.05, 0) is 44.9 Å². The molecule has 0 bridgehead atoms. The van der Waals surface area contributed by atoms with E-state index in [1.54, 1.807) is 6.26 Å². The summed E-state index contributed by atoms with van der Waals surface area (Å²) in [6.07, 6.45) is 2.91. The predicted molar refractivity (Wildman–Crippen MR) is 79.0 cm³/mol. The summed E-state index contributed by atoms with van der Waals surface area (Å²) in [4.78, 5) is 4.30. The quantitative estimate of drug-likeness (QED) is 0.897. The van der Waals surface area contributed by atoms with Crippen molar-refractivity contribution in [3.63, 3.8) is 0 Å². The van der Waals surface area contributed by atoms with Crippen LogP contribution in [0.2, 0.25) is 0 Å². The lowest BCUT2D eigenvalue weighted by atomic mass is 10.1. The Labute approximate surface area is 120 Å². The summed E-state index contributed by atoms with van der Waals surface area (Å²) in [5, 5.41) is 3.35. The first-order chi connectivity index (χ1) is 9.46. The number of aromatic nitrogens is 1. The number of benzene rings is 1. The van der Waals surface area contributed by atoms with E-state index < -0.39 is 0 Å². The monoisotopic (exact) mass is 274 g/mol. The van der Waals surface area contributed by atoms with Gasteiger partial charge >= 0.3 is 6.08 Å². The third kappa shape index (κ3) is 4.38. The van der Waals surface area contributed by atoms with Crippen LogP contribution < -0.4 is 10.1 Å². The summed E-state index contributed by atoms with van der Waals surface area (Å²) in [5.41, 5.74) is 2.16. The third-order valence-electron chi connectivity index (χ3n) is 2.87. The first kappa shape index (κ1) is 14.6. The van der Waals surface area contributed by atoms with Crippen molar-refractivity contribution in [2.75, 3.05) is 0 Å². The molecule has 20 heavy (non-hydrogen) atoms. The molecule has 0 fully saturated rings. The van der Waals surface area contributed by atoms with Gasteiger partial charge in [0.2, 0.25) is 0 Å². The number of nitrogens with zero attached hydrogens (tertiary/aromatic N) is 1. The predicted octanol–water partition coefficient (Wildman–Crippen LogP) is 3.92. The highest BCUT2D eigenvalue weighted by Gasteiger charge is 2.11. The number of ether oxygens (including phenoxy) is 1. The third-order valence-corrected chi connectivity index (χ3v) is 2.87. The summed E-state index contributed by atoms with van der Waals surface area (Å²) < 4.78 is 10.9. The molecule has 4 heteroatoms. The average Bonchev–Trinajstić information content (AvgIpc) is 2.84. The lowest BCUT2D eigenvalue weighted by molar-refractivity contribution is 0.330. The Morgan fingerprint density at radius 3 is 2.50 bits per heavy atom. The normalized spacial score (nSPS) is 11.6. The smallest absolute Gasteiger partial charge is 0.399 e. The summed E-state index contributed by atoms with van der Waals surface area (Å²) in [7, 11) is 0. The van der Waals surface area contributed by atoms with Gasteiger partial charge in [0.15, 0.2) is 0 Å². The van der Waals surface area contributed by atoms with Crippen molar-refractivity contribution in [2.45, 2.75) is 46.2 Å². The maximum Gasteiger partial charge on any atom is 0.399 e. The van der Waals surface area contributed by atoms with Crippen LogP contribution in [0.5, 0.6) is 11.8 Å². The minimum atomic E-state index is 0.0515. The Bertz CT molecular complexity index is 538. The van der Waals surface area contributed by atoms with Crippen LogP contribution in [0.25, 0.3) is 0 Å². The Hall–Kier alpha value is -1.81. The van der Waals surface area contributed by atoms with E-state index in [0.29, 0.717) is 6.54 Å². The van der Waals surface area contributed by atoms with Gasteiger partial charge in [0, 0.05) is 12.1 Å². The molecule has 1 aromatic heterocycles. The minimum Gasteiger partial charge on any atom is -0.417 e. The number of rotatable bonds is 5. The van der Waals surface area contributed by atoms with E-state index in [2.05, 4.69) is 38.0 Å². The van der Waals surface area contributed by atoms with Crippen LogP contribution in [0.3, 0.4) is 0 Å². The molecule has 0 unspecified atom stereocenters. The van der Waals surface area contributed by atoms with Gasteiger partial charge in [0.1, 0.15) is 12.0 Å². The molecule has 0 aliphatic rings. The Morgan fingerprint density at radius 1 is 1.20 bits per heavy atom. The number of aryl methyl sites for hydroxylation is 1. The molecule has 0 spiro atoms. The van der Waals surface area contributed by atoms with Gasteiger partial charge in [-0.1, -0.05) is 19.1 Å². The molecule has 0 atom stereocenters. The van der Waals surface area contributed by atoms with Crippen molar-refractivity contribution in [1.29, 1.82) is 0 Å². The van der Waals surface area contributed by atoms with E-state index in [1.165, 1.54) is 5.56 Å². The van der Waals surface area contributed by atoms with Crippen LogP contribution in [0.15, 0.2) is 34.9 Å². The lowest BCUT2D eigenvalue weighted by Crippen LogP contribution is -2.35. The Morgan fingerprint density at radius 2 is 1.90 bits per heavy atom. The average molecular weight is 274 g/mol. The van der Waals surface area contributed by atoms with Crippen LogP contribution >= 0.6 is 0 Å². The zero-order valence-electron chi connectivity index (χ0n) is 12.6. The fourth-order valence-corrected chi connectivity index (χ4v) is 1.67. The van der Waals surface area contributed by atoms with Crippen molar-refractivity contribution in [2.24, 2.45) is 0 Å². The number of hydrogen-bond acceptors (Lipinski definition) is 4. The topological polar surface area (TPSA) is 47.3 Å². The van der Waals surface area contributed by atoms with Gasteiger partial charge in [-0.15, -0.1) is 0 Å².